The second kappa shape index (κ2) is 8.94. The molecule has 0 aliphatic carbocycles. The molecule has 0 fully saturated rings. The maximum Gasteiger partial charge on any atom is 0.387 e. The third-order valence-electron chi connectivity index (χ3n) is 4.08. The number of ether oxygens (including phenoxy) is 1. The molecule has 0 saturated carbocycles. The van der Waals surface area contributed by atoms with Crippen LogP contribution in [0.5, 0.6) is 5.75 Å². The highest BCUT2D eigenvalue weighted by molar-refractivity contribution is 6.00. The van der Waals surface area contributed by atoms with Crippen molar-refractivity contribution in [3.8, 4) is 5.75 Å². The van der Waals surface area contributed by atoms with Crippen LogP contribution in [0.3, 0.4) is 0 Å². The van der Waals surface area contributed by atoms with Crippen molar-refractivity contribution in [2.24, 2.45) is 0 Å². The molecule has 0 aliphatic rings. The molecule has 2 N–H and O–H groups in total. The lowest BCUT2D eigenvalue weighted by atomic mass is 10.1. The molecular formula is C21H19F2N3O2. The van der Waals surface area contributed by atoms with E-state index in [0.717, 1.165) is 5.56 Å². The van der Waals surface area contributed by atoms with Gasteiger partial charge >= 0.3 is 6.61 Å². The summed E-state index contributed by atoms with van der Waals surface area (Å²) in [6.45, 7) is -0.976. The highest BCUT2D eigenvalue weighted by Gasteiger charge is 2.15. The van der Waals surface area contributed by atoms with E-state index in [1.54, 1.807) is 48.8 Å². The highest BCUT2D eigenvalue weighted by atomic mass is 19.3. The monoisotopic (exact) mass is 383 g/mol. The average Bonchev–Trinajstić information content (AvgIpc) is 2.70. The number of carbonyl (C=O) groups is 1. The number of hydrogen-bond donors (Lipinski definition) is 2. The van der Waals surface area contributed by atoms with Gasteiger partial charge in [-0.15, -0.1) is 0 Å². The molecule has 0 saturated heterocycles. The van der Waals surface area contributed by atoms with Gasteiger partial charge in [0.05, 0.1) is 17.3 Å². The molecular weight excluding hydrogens is 364 g/mol. The normalized spacial score (nSPS) is 11.7. The van der Waals surface area contributed by atoms with Crippen LogP contribution in [-0.2, 0) is 0 Å². The summed E-state index contributed by atoms with van der Waals surface area (Å²) in [6, 6.07) is 16.6. The van der Waals surface area contributed by atoms with Crippen molar-refractivity contribution < 1.29 is 18.3 Å². The van der Waals surface area contributed by atoms with Crippen molar-refractivity contribution in [2.45, 2.75) is 19.6 Å². The number of pyridine rings is 1. The van der Waals surface area contributed by atoms with E-state index in [1.165, 1.54) is 12.1 Å². The van der Waals surface area contributed by atoms with Crippen LogP contribution in [0.15, 0.2) is 73.1 Å². The number of benzene rings is 2. The summed E-state index contributed by atoms with van der Waals surface area (Å²) >= 11 is 0. The fourth-order valence-corrected chi connectivity index (χ4v) is 2.68. The minimum Gasteiger partial charge on any atom is -0.435 e. The van der Waals surface area contributed by atoms with Crippen molar-refractivity contribution in [2.75, 3.05) is 5.32 Å². The van der Waals surface area contributed by atoms with Gasteiger partial charge in [0.15, 0.2) is 0 Å². The van der Waals surface area contributed by atoms with Crippen LogP contribution >= 0.6 is 0 Å². The lowest BCUT2D eigenvalue weighted by molar-refractivity contribution is -0.0498. The lowest BCUT2D eigenvalue weighted by Crippen LogP contribution is -2.27. The van der Waals surface area contributed by atoms with Gasteiger partial charge in [0.2, 0.25) is 0 Å². The summed E-state index contributed by atoms with van der Waals surface area (Å²) in [7, 11) is 0. The Kier molecular flexibility index (Phi) is 6.16. The minimum absolute atomic E-state index is 0.0674. The van der Waals surface area contributed by atoms with Gasteiger partial charge in [-0.1, -0.05) is 12.1 Å². The van der Waals surface area contributed by atoms with Crippen LogP contribution in [0.25, 0.3) is 0 Å². The van der Waals surface area contributed by atoms with Crippen LogP contribution in [0, 0.1) is 0 Å². The number of para-hydroxylation sites is 1. The van der Waals surface area contributed by atoms with Crippen molar-refractivity contribution in [1.29, 1.82) is 0 Å². The molecule has 1 amide bonds. The molecule has 7 heteroatoms. The smallest absolute Gasteiger partial charge is 0.387 e. The molecule has 28 heavy (non-hydrogen) atoms. The van der Waals surface area contributed by atoms with Crippen molar-refractivity contribution in [3.05, 3.63) is 84.2 Å². The number of amides is 1. The quantitative estimate of drug-likeness (QED) is 0.608. The van der Waals surface area contributed by atoms with Gasteiger partial charge in [-0.05, 0) is 61.0 Å². The molecule has 0 radical (unpaired) electrons. The van der Waals surface area contributed by atoms with E-state index >= 15 is 0 Å². The Morgan fingerprint density at radius 2 is 1.68 bits per heavy atom. The number of nitrogens with zero attached hydrogens (tertiary/aromatic N) is 1. The second-order valence-electron chi connectivity index (χ2n) is 6.05. The Balaban J connectivity index is 1.73. The van der Waals surface area contributed by atoms with E-state index in [2.05, 4.69) is 20.4 Å². The molecule has 3 rings (SSSR count). The lowest BCUT2D eigenvalue weighted by Gasteiger charge is -2.17. The molecule has 1 unspecified atom stereocenters. The van der Waals surface area contributed by atoms with Gasteiger partial charge in [-0.25, -0.2) is 0 Å². The zero-order valence-electron chi connectivity index (χ0n) is 15.1. The van der Waals surface area contributed by atoms with E-state index < -0.39 is 6.61 Å². The Bertz CT molecular complexity index is 918. The van der Waals surface area contributed by atoms with E-state index in [-0.39, 0.29) is 17.7 Å². The largest absolute Gasteiger partial charge is 0.435 e. The number of alkyl halides is 2. The fraction of sp³-hybridized carbons (Fsp3) is 0.143. The Morgan fingerprint density at radius 3 is 2.36 bits per heavy atom. The number of rotatable bonds is 7. The minimum atomic E-state index is -2.87. The first-order valence-corrected chi connectivity index (χ1v) is 8.64. The number of anilines is 2. The van der Waals surface area contributed by atoms with Gasteiger partial charge in [-0.3, -0.25) is 9.78 Å². The molecule has 1 atom stereocenters. The molecule has 0 spiro atoms. The van der Waals surface area contributed by atoms with Crippen LogP contribution in [0.4, 0.5) is 20.2 Å². The number of nitrogens with one attached hydrogen (secondary N) is 2. The second-order valence-corrected chi connectivity index (χ2v) is 6.05. The molecule has 1 heterocycles. The maximum atomic E-state index is 12.7. The first-order valence-electron chi connectivity index (χ1n) is 8.64. The highest BCUT2D eigenvalue weighted by Crippen LogP contribution is 2.24. The summed E-state index contributed by atoms with van der Waals surface area (Å²) < 4.78 is 28.8. The first-order chi connectivity index (χ1) is 13.5. The van der Waals surface area contributed by atoms with Gasteiger partial charge in [0.25, 0.3) is 5.91 Å². The summed E-state index contributed by atoms with van der Waals surface area (Å²) in [5.74, 6) is -0.164. The topological polar surface area (TPSA) is 63.2 Å². The summed E-state index contributed by atoms with van der Waals surface area (Å²) in [4.78, 5) is 16.7. The molecule has 3 aromatic rings. The van der Waals surface area contributed by atoms with Crippen molar-refractivity contribution >= 4 is 17.3 Å². The SMILES string of the molecule is CC(NC(=O)c1ccccc1Nc1ccc(OC(F)F)cc1)c1ccncc1. The van der Waals surface area contributed by atoms with E-state index in [9.17, 15) is 13.6 Å². The van der Waals surface area contributed by atoms with Crippen LogP contribution in [-0.4, -0.2) is 17.5 Å². The Hall–Kier alpha value is -3.48. The molecule has 1 aromatic heterocycles. The van der Waals surface area contributed by atoms with E-state index in [4.69, 9.17) is 0 Å². The Morgan fingerprint density at radius 1 is 1.00 bits per heavy atom. The predicted octanol–water partition coefficient (Wildman–Crippen LogP) is 4.92. The summed E-state index contributed by atoms with van der Waals surface area (Å²) in [5.41, 5.74) is 2.66. The van der Waals surface area contributed by atoms with Gasteiger partial charge in [0.1, 0.15) is 5.75 Å². The van der Waals surface area contributed by atoms with E-state index in [0.29, 0.717) is 16.9 Å². The molecule has 2 aromatic carbocycles. The van der Waals surface area contributed by atoms with Crippen LogP contribution in [0.2, 0.25) is 0 Å². The third kappa shape index (κ3) is 5.03. The standard InChI is InChI=1S/C21H19F2N3O2/c1-14(15-10-12-24-13-11-15)25-20(27)18-4-2-3-5-19(18)26-16-6-8-17(9-7-16)28-21(22)23/h2-14,21,26H,1H3,(H,25,27). The molecule has 0 bridgehead atoms. The van der Waals surface area contributed by atoms with Gasteiger partial charge in [0, 0.05) is 18.1 Å². The van der Waals surface area contributed by atoms with Crippen LogP contribution in [0.1, 0.15) is 28.9 Å². The average molecular weight is 383 g/mol. The predicted molar refractivity (Wildman–Crippen MR) is 103 cm³/mol. The van der Waals surface area contributed by atoms with Gasteiger partial charge < -0.3 is 15.4 Å². The fourth-order valence-electron chi connectivity index (χ4n) is 2.68. The Labute approximate surface area is 161 Å². The number of carbonyl (C=O) groups excluding carboxylic acids is 1. The number of hydrogen-bond acceptors (Lipinski definition) is 4. The zero-order valence-corrected chi connectivity index (χ0v) is 15.1. The van der Waals surface area contributed by atoms with Crippen molar-refractivity contribution in [1.82, 2.24) is 10.3 Å². The molecule has 144 valence electrons. The molecule has 5 nitrogen and oxygen atoms in total. The number of halogens is 2. The zero-order chi connectivity index (χ0) is 19.9. The van der Waals surface area contributed by atoms with E-state index in [1.807, 2.05) is 19.1 Å². The number of aromatic nitrogens is 1. The summed E-state index contributed by atoms with van der Waals surface area (Å²) in [6.07, 6.45) is 3.35. The summed E-state index contributed by atoms with van der Waals surface area (Å²) in [5, 5.41) is 6.09. The van der Waals surface area contributed by atoms with Gasteiger partial charge in [-0.2, -0.15) is 8.78 Å². The first kappa shape index (κ1) is 19.3. The molecule has 0 aliphatic heterocycles. The van der Waals surface area contributed by atoms with Crippen LogP contribution < -0.4 is 15.4 Å². The maximum absolute atomic E-state index is 12.7. The van der Waals surface area contributed by atoms with Crippen molar-refractivity contribution in [3.63, 3.8) is 0 Å². The third-order valence-corrected chi connectivity index (χ3v) is 4.08.